The van der Waals surface area contributed by atoms with Crippen LogP contribution in [0.5, 0.6) is 0 Å². The highest BCUT2D eigenvalue weighted by Crippen LogP contribution is 2.20. The van der Waals surface area contributed by atoms with Crippen LogP contribution >= 0.6 is 0 Å². The number of nitriles is 1. The molecule has 0 bridgehead atoms. The smallest absolute Gasteiger partial charge is 0.257 e. The van der Waals surface area contributed by atoms with Crippen LogP contribution in [0.1, 0.15) is 15.9 Å². The number of aromatic nitrogens is 1. The Morgan fingerprint density at radius 1 is 0.958 bits per heavy atom. The molecule has 2 aromatic carbocycles. The Hall–Kier alpha value is -3.65. The highest BCUT2D eigenvalue weighted by molar-refractivity contribution is 6.04. The fourth-order valence-electron chi connectivity index (χ4n) is 2.17. The second-order valence-corrected chi connectivity index (χ2v) is 5.09. The Labute approximate surface area is 139 Å². The summed E-state index contributed by atoms with van der Waals surface area (Å²) in [7, 11) is 0. The largest absolute Gasteiger partial charge is 0.355 e. The Morgan fingerprint density at radius 3 is 2.46 bits per heavy atom. The van der Waals surface area contributed by atoms with Gasteiger partial charge in [0.2, 0.25) is 0 Å². The van der Waals surface area contributed by atoms with Crippen molar-refractivity contribution in [2.24, 2.45) is 0 Å². The van der Waals surface area contributed by atoms with Crippen LogP contribution in [0.2, 0.25) is 0 Å². The molecule has 3 aromatic rings. The molecule has 1 amide bonds. The summed E-state index contributed by atoms with van der Waals surface area (Å²) in [5, 5.41) is 15.0. The monoisotopic (exact) mass is 314 g/mol. The molecule has 0 unspecified atom stereocenters. The van der Waals surface area contributed by atoms with Gasteiger partial charge >= 0.3 is 0 Å². The van der Waals surface area contributed by atoms with E-state index in [1.54, 1.807) is 30.5 Å². The molecule has 5 nitrogen and oxygen atoms in total. The second-order valence-electron chi connectivity index (χ2n) is 5.09. The molecule has 0 spiro atoms. The summed E-state index contributed by atoms with van der Waals surface area (Å²) in [5.41, 5.74) is 3.50. The normalized spacial score (nSPS) is 9.79. The molecular weight excluding hydrogens is 300 g/mol. The Bertz CT molecular complexity index is 883. The number of pyridine rings is 1. The third kappa shape index (κ3) is 3.76. The summed E-state index contributed by atoms with van der Waals surface area (Å²) in [5.74, 6) is -0.203. The summed E-state index contributed by atoms with van der Waals surface area (Å²) in [4.78, 5) is 16.0. The van der Waals surface area contributed by atoms with E-state index in [1.165, 1.54) is 6.20 Å². The maximum absolute atomic E-state index is 12.1. The fourth-order valence-corrected chi connectivity index (χ4v) is 2.17. The lowest BCUT2D eigenvalue weighted by atomic mass is 10.2. The zero-order valence-corrected chi connectivity index (χ0v) is 12.7. The number of amides is 1. The van der Waals surface area contributed by atoms with Crippen molar-refractivity contribution in [1.82, 2.24) is 4.98 Å². The minimum Gasteiger partial charge on any atom is -0.355 e. The Kier molecular flexibility index (Phi) is 4.50. The SMILES string of the molecule is N#Cc1cccc(Nc2ccc(NC(=O)c3cccnc3)cc2)c1. The van der Waals surface area contributed by atoms with E-state index in [0.717, 1.165) is 11.4 Å². The summed E-state index contributed by atoms with van der Waals surface area (Å²) >= 11 is 0. The number of benzene rings is 2. The van der Waals surface area contributed by atoms with Crippen LogP contribution < -0.4 is 10.6 Å². The van der Waals surface area contributed by atoms with Gasteiger partial charge in [-0.15, -0.1) is 0 Å². The second kappa shape index (κ2) is 7.07. The van der Waals surface area contributed by atoms with Gasteiger partial charge in [0.1, 0.15) is 0 Å². The van der Waals surface area contributed by atoms with Crippen LogP contribution in [0, 0.1) is 11.3 Å². The summed E-state index contributed by atoms with van der Waals surface area (Å²) in [6, 6.07) is 20.1. The predicted molar refractivity (Wildman–Crippen MR) is 93.1 cm³/mol. The lowest BCUT2D eigenvalue weighted by Crippen LogP contribution is -2.11. The van der Waals surface area contributed by atoms with E-state index in [0.29, 0.717) is 16.8 Å². The standard InChI is InChI=1S/C19H14N4O/c20-12-14-3-1-5-18(11-14)22-16-6-8-17(9-7-16)23-19(24)15-4-2-10-21-13-15/h1-11,13,22H,(H,23,24). The van der Waals surface area contributed by atoms with Crippen LogP contribution in [0.4, 0.5) is 17.1 Å². The first-order valence-corrected chi connectivity index (χ1v) is 7.33. The average molecular weight is 314 g/mol. The number of carbonyl (C=O) groups is 1. The molecule has 0 aliphatic carbocycles. The first-order chi connectivity index (χ1) is 11.7. The van der Waals surface area contributed by atoms with Crippen LogP contribution in [0.25, 0.3) is 0 Å². The molecule has 0 aliphatic rings. The van der Waals surface area contributed by atoms with Crippen LogP contribution in [0.3, 0.4) is 0 Å². The third-order valence-corrected chi connectivity index (χ3v) is 3.35. The highest BCUT2D eigenvalue weighted by atomic mass is 16.1. The summed E-state index contributed by atoms with van der Waals surface area (Å²) in [6.45, 7) is 0. The van der Waals surface area contributed by atoms with E-state index in [1.807, 2.05) is 36.4 Å². The zero-order valence-electron chi connectivity index (χ0n) is 12.7. The van der Waals surface area contributed by atoms with E-state index in [9.17, 15) is 4.79 Å². The molecule has 0 radical (unpaired) electrons. The van der Waals surface area contributed by atoms with Gasteiger partial charge in [-0.05, 0) is 54.6 Å². The minimum atomic E-state index is -0.203. The molecule has 3 rings (SSSR count). The number of rotatable bonds is 4. The van der Waals surface area contributed by atoms with Crippen molar-refractivity contribution < 1.29 is 4.79 Å². The van der Waals surface area contributed by atoms with Gasteiger partial charge in [-0.2, -0.15) is 5.26 Å². The molecule has 0 atom stereocenters. The molecule has 1 aromatic heterocycles. The molecule has 24 heavy (non-hydrogen) atoms. The topological polar surface area (TPSA) is 77.8 Å². The number of anilines is 3. The van der Waals surface area contributed by atoms with E-state index in [-0.39, 0.29) is 5.91 Å². The van der Waals surface area contributed by atoms with Crippen LogP contribution in [0.15, 0.2) is 73.1 Å². The van der Waals surface area contributed by atoms with Crippen LogP contribution in [-0.4, -0.2) is 10.9 Å². The van der Waals surface area contributed by atoms with Gasteiger partial charge in [0.05, 0.1) is 17.2 Å². The number of carbonyl (C=O) groups excluding carboxylic acids is 1. The number of nitrogens with zero attached hydrogens (tertiary/aromatic N) is 2. The first-order valence-electron chi connectivity index (χ1n) is 7.33. The number of nitrogens with one attached hydrogen (secondary N) is 2. The van der Waals surface area contributed by atoms with Gasteiger partial charge in [-0.3, -0.25) is 9.78 Å². The van der Waals surface area contributed by atoms with Crippen molar-refractivity contribution in [1.29, 1.82) is 5.26 Å². The van der Waals surface area contributed by atoms with Crippen molar-refractivity contribution in [2.75, 3.05) is 10.6 Å². The summed E-state index contributed by atoms with van der Waals surface area (Å²) in [6.07, 6.45) is 3.14. The van der Waals surface area contributed by atoms with Crippen molar-refractivity contribution in [3.63, 3.8) is 0 Å². The third-order valence-electron chi connectivity index (χ3n) is 3.35. The van der Waals surface area contributed by atoms with E-state index >= 15 is 0 Å². The van der Waals surface area contributed by atoms with Gasteiger partial charge < -0.3 is 10.6 Å². The van der Waals surface area contributed by atoms with Gasteiger partial charge in [-0.1, -0.05) is 6.07 Å². The maximum atomic E-state index is 12.1. The zero-order chi connectivity index (χ0) is 16.8. The Morgan fingerprint density at radius 2 is 1.75 bits per heavy atom. The van der Waals surface area contributed by atoms with E-state index in [4.69, 9.17) is 5.26 Å². The molecule has 0 saturated heterocycles. The molecule has 0 saturated carbocycles. The van der Waals surface area contributed by atoms with Gasteiger partial charge in [-0.25, -0.2) is 0 Å². The van der Waals surface area contributed by atoms with Crippen molar-refractivity contribution in [3.8, 4) is 6.07 Å². The molecule has 1 heterocycles. The van der Waals surface area contributed by atoms with Crippen molar-refractivity contribution in [2.45, 2.75) is 0 Å². The molecular formula is C19H14N4O. The van der Waals surface area contributed by atoms with Gasteiger partial charge in [0.15, 0.2) is 0 Å². The lowest BCUT2D eigenvalue weighted by molar-refractivity contribution is 0.102. The highest BCUT2D eigenvalue weighted by Gasteiger charge is 2.05. The Balaban J connectivity index is 1.67. The first kappa shape index (κ1) is 15.3. The van der Waals surface area contributed by atoms with Crippen LogP contribution in [-0.2, 0) is 0 Å². The van der Waals surface area contributed by atoms with Crippen molar-refractivity contribution in [3.05, 3.63) is 84.2 Å². The maximum Gasteiger partial charge on any atom is 0.257 e. The van der Waals surface area contributed by atoms with Crippen molar-refractivity contribution >= 4 is 23.0 Å². The fraction of sp³-hybridized carbons (Fsp3) is 0. The van der Waals surface area contributed by atoms with Gasteiger partial charge in [0, 0.05) is 29.5 Å². The molecule has 116 valence electrons. The predicted octanol–water partition coefficient (Wildman–Crippen LogP) is 3.95. The molecule has 5 heteroatoms. The average Bonchev–Trinajstić information content (AvgIpc) is 2.64. The quantitative estimate of drug-likeness (QED) is 0.764. The van der Waals surface area contributed by atoms with E-state index in [2.05, 4.69) is 21.7 Å². The molecule has 0 aliphatic heterocycles. The molecule has 0 fully saturated rings. The number of hydrogen-bond acceptors (Lipinski definition) is 4. The van der Waals surface area contributed by atoms with Gasteiger partial charge in [0.25, 0.3) is 5.91 Å². The minimum absolute atomic E-state index is 0.203. The number of hydrogen-bond donors (Lipinski definition) is 2. The molecule has 2 N–H and O–H groups in total. The lowest BCUT2D eigenvalue weighted by Gasteiger charge is -2.09. The summed E-state index contributed by atoms with van der Waals surface area (Å²) < 4.78 is 0. The van der Waals surface area contributed by atoms with E-state index < -0.39 is 0 Å².